The van der Waals surface area contributed by atoms with Crippen molar-refractivity contribution < 1.29 is 21.6 Å². The van der Waals surface area contributed by atoms with Crippen LogP contribution in [0.5, 0.6) is 0 Å². The Balaban J connectivity index is 2.06. The van der Waals surface area contributed by atoms with E-state index in [1.807, 2.05) is 0 Å². The minimum atomic E-state index is -4.39. The Labute approximate surface area is 130 Å². The molecule has 0 bridgehead atoms. The molecular weight excluding hydrogens is 333 g/mol. The molecule has 1 aromatic carbocycles. The van der Waals surface area contributed by atoms with Gasteiger partial charge in [-0.3, -0.25) is 4.72 Å². The van der Waals surface area contributed by atoms with Crippen molar-refractivity contribution >= 4 is 27.3 Å². The lowest BCUT2D eigenvalue weighted by Gasteiger charge is -2.09. The van der Waals surface area contributed by atoms with Crippen LogP contribution in [0.2, 0.25) is 0 Å². The molecule has 2 N–H and O–H groups in total. The molecule has 10 heteroatoms. The number of hydrogen-bond donors (Lipinski definition) is 2. The number of alkyl halides is 3. The van der Waals surface area contributed by atoms with Crippen LogP contribution in [0.1, 0.15) is 12.5 Å². The second-order valence-corrected chi connectivity index (χ2v) is 6.52. The predicted octanol–water partition coefficient (Wildman–Crippen LogP) is 3.00. The zero-order valence-corrected chi connectivity index (χ0v) is 12.7. The SMILES string of the molecule is CCS(=O)(=O)Nc1ccc(Nc2ccc(C(F)(F)F)cc2)nn1. The molecule has 0 aliphatic rings. The summed E-state index contributed by atoms with van der Waals surface area (Å²) in [4.78, 5) is 0. The smallest absolute Gasteiger partial charge is 0.339 e. The number of rotatable bonds is 5. The summed E-state index contributed by atoms with van der Waals surface area (Å²) < 4.78 is 62.3. The number of sulfonamides is 1. The molecule has 124 valence electrons. The van der Waals surface area contributed by atoms with E-state index in [2.05, 4.69) is 20.2 Å². The standard InChI is InChI=1S/C13H13F3N4O2S/c1-2-23(21,22)20-12-8-7-11(18-19-12)17-10-5-3-9(4-6-10)13(14,15)16/h3-8H,2H2,1H3,(H,17,18)(H,19,20). The molecule has 0 aliphatic heterocycles. The molecule has 0 fully saturated rings. The molecule has 0 amide bonds. The number of anilines is 3. The van der Waals surface area contributed by atoms with Gasteiger partial charge in [0.15, 0.2) is 11.6 Å². The van der Waals surface area contributed by atoms with E-state index < -0.39 is 21.8 Å². The first kappa shape index (κ1) is 17.0. The molecular formula is C13H13F3N4O2S. The Morgan fingerprint density at radius 3 is 2.04 bits per heavy atom. The topological polar surface area (TPSA) is 84.0 Å². The van der Waals surface area contributed by atoms with Gasteiger partial charge in [-0.25, -0.2) is 8.42 Å². The van der Waals surface area contributed by atoms with Gasteiger partial charge in [-0.1, -0.05) is 0 Å². The van der Waals surface area contributed by atoms with E-state index in [1.54, 1.807) is 0 Å². The number of benzene rings is 1. The van der Waals surface area contributed by atoms with Gasteiger partial charge in [0.1, 0.15) is 0 Å². The van der Waals surface area contributed by atoms with Gasteiger partial charge >= 0.3 is 6.18 Å². The first-order valence-corrected chi connectivity index (χ1v) is 8.13. The van der Waals surface area contributed by atoms with Gasteiger partial charge in [0.2, 0.25) is 10.0 Å². The van der Waals surface area contributed by atoms with Crippen molar-refractivity contribution in [2.45, 2.75) is 13.1 Å². The molecule has 0 aliphatic carbocycles. The fraction of sp³-hybridized carbons (Fsp3) is 0.231. The maximum atomic E-state index is 12.5. The van der Waals surface area contributed by atoms with Crippen molar-refractivity contribution in [2.75, 3.05) is 15.8 Å². The van der Waals surface area contributed by atoms with Crippen LogP contribution in [0.4, 0.5) is 30.5 Å². The molecule has 0 atom stereocenters. The normalized spacial score (nSPS) is 12.0. The van der Waals surface area contributed by atoms with Gasteiger partial charge < -0.3 is 5.32 Å². The van der Waals surface area contributed by atoms with Crippen molar-refractivity contribution in [3.63, 3.8) is 0 Å². The summed E-state index contributed by atoms with van der Waals surface area (Å²) in [6, 6.07) is 7.26. The second-order valence-electron chi connectivity index (χ2n) is 4.51. The van der Waals surface area contributed by atoms with Crippen molar-refractivity contribution in [3.8, 4) is 0 Å². The minimum absolute atomic E-state index is 0.0600. The van der Waals surface area contributed by atoms with Crippen molar-refractivity contribution in [2.24, 2.45) is 0 Å². The highest BCUT2D eigenvalue weighted by Crippen LogP contribution is 2.30. The van der Waals surface area contributed by atoms with Gasteiger partial charge in [0.05, 0.1) is 11.3 Å². The highest BCUT2D eigenvalue weighted by Gasteiger charge is 2.29. The fourth-order valence-corrected chi connectivity index (χ4v) is 2.15. The Hall–Kier alpha value is -2.36. The molecule has 0 unspecified atom stereocenters. The highest BCUT2D eigenvalue weighted by atomic mass is 32.2. The van der Waals surface area contributed by atoms with Gasteiger partial charge in [-0.2, -0.15) is 13.2 Å². The zero-order chi connectivity index (χ0) is 17.1. The summed E-state index contributed by atoms with van der Waals surface area (Å²) in [6.07, 6.45) is -4.39. The number of nitrogens with zero attached hydrogens (tertiary/aromatic N) is 2. The van der Waals surface area contributed by atoms with E-state index >= 15 is 0 Å². The Bertz CT molecular complexity index is 759. The van der Waals surface area contributed by atoms with Crippen LogP contribution in [0.25, 0.3) is 0 Å². The Morgan fingerprint density at radius 1 is 1.00 bits per heavy atom. The second kappa shape index (κ2) is 6.41. The quantitative estimate of drug-likeness (QED) is 0.869. The van der Waals surface area contributed by atoms with E-state index in [0.29, 0.717) is 5.69 Å². The summed E-state index contributed by atoms with van der Waals surface area (Å²) in [5.74, 6) is 0.231. The van der Waals surface area contributed by atoms with Crippen LogP contribution in [0.15, 0.2) is 36.4 Å². The molecule has 6 nitrogen and oxygen atoms in total. The zero-order valence-electron chi connectivity index (χ0n) is 11.9. The summed E-state index contributed by atoms with van der Waals surface area (Å²) >= 11 is 0. The summed E-state index contributed by atoms with van der Waals surface area (Å²) in [7, 11) is -3.44. The molecule has 23 heavy (non-hydrogen) atoms. The average molecular weight is 346 g/mol. The Morgan fingerprint density at radius 2 is 1.57 bits per heavy atom. The van der Waals surface area contributed by atoms with Crippen LogP contribution in [0.3, 0.4) is 0 Å². The third-order valence-electron chi connectivity index (χ3n) is 2.79. The van der Waals surface area contributed by atoms with Crippen LogP contribution >= 0.6 is 0 Å². The molecule has 0 spiro atoms. The lowest BCUT2D eigenvalue weighted by molar-refractivity contribution is -0.137. The maximum absolute atomic E-state index is 12.5. The van der Waals surface area contributed by atoms with E-state index in [9.17, 15) is 21.6 Å². The van der Waals surface area contributed by atoms with E-state index in [-0.39, 0.29) is 17.4 Å². The van der Waals surface area contributed by atoms with Gasteiger partial charge in [-0.05, 0) is 43.3 Å². The van der Waals surface area contributed by atoms with Gasteiger partial charge in [0, 0.05) is 5.69 Å². The largest absolute Gasteiger partial charge is 0.416 e. The summed E-state index contributed by atoms with van der Waals surface area (Å²) in [5, 5.41) is 10.2. The molecule has 2 aromatic rings. The van der Waals surface area contributed by atoms with E-state index in [4.69, 9.17) is 0 Å². The minimum Gasteiger partial charge on any atom is -0.339 e. The molecule has 2 rings (SSSR count). The fourth-order valence-electron chi connectivity index (χ4n) is 1.58. The van der Waals surface area contributed by atoms with Crippen LogP contribution in [-0.4, -0.2) is 24.4 Å². The van der Waals surface area contributed by atoms with Crippen LogP contribution in [-0.2, 0) is 16.2 Å². The predicted molar refractivity (Wildman–Crippen MR) is 79.8 cm³/mol. The monoisotopic (exact) mass is 346 g/mol. The average Bonchev–Trinajstić information content (AvgIpc) is 2.49. The summed E-state index contributed by atoms with van der Waals surface area (Å²) in [5.41, 5.74) is -0.354. The molecule has 0 radical (unpaired) electrons. The third kappa shape index (κ3) is 4.81. The molecule has 1 heterocycles. The third-order valence-corrected chi connectivity index (χ3v) is 4.07. The van der Waals surface area contributed by atoms with Crippen molar-refractivity contribution in [3.05, 3.63) is 42.0 Å². The number of aromatic nitrogens is 2. The molecule has 1 aromatic heterocycles. The first-order chi connectivity index (χ1) is 10.7. The Kier molecular flexibility index (Phi) is 4.73. The lowest BCUT2D eigenvalue weighted by atomic mass is 10.2. The molecule has 0 saturated carbocycles. The number of nitrogens with one attached hydrogen (secondary N) is 2. The summed E-state index contributed by atoms with van der Waals surface area (Å²) in [6.45, 7) is 1.48. The number of halogens is 3. The van der Waals surface area contributed by atoms with Crippen LogP contribution in [0, 0.1) is 0 Å². The highest BCUT2D eigenvalue weighted by molar-refractivity contribution is 7.92. The molecule has 0 saturated heterocycles. The van der Waals surface area contributed by atoms with Gasteiger partial charge in [0.25, 0.3) is 0 Å². The lowest BCUT2D eigenvalue weighted by Crippen LogP contribution is -2.15. The number of hydrogen-bond acceptors (Lipinski definition) is 5. The van der Waals surface area contributed by atoms with E-state index in [0.717, 1.165) is 12.1 Å². The van der Waals surface area contributed by atoms with Gasteiger partial charge in [-0.15, -0.1) is 10.2 Å². The van der Waals surface area contributed by atoms with Crippen molar-refractivity contribution in [1.29, 1.82) is 0 Å². The van der Waals surface area contributed by atoms with E-state index in [1.165, 1.54) is 31.2 Å². The first-order valence-electron chi connectivity index (χ1n) is 6.48. The van der Waals surface area contributed by atoms with Crippen LogP contribution < -0.4 is 10.0 Å². The van der Waals surface area contributed by atoms with Crippen molar-refractivity contribution in [1.82, 2.24) is 10.2 Å². The maximum Gasteiger partial charge on any atom is 0.416 e.